The Hall–Kier alpha value is -2.41. The fourth-order valence-electron chi connectivity index (χ4n) is 3.10. The SMILES string of the molecule is Cc1nc2ccccn2c1CN1C(=O)[C@@H](C)Oc2c(F)cc(Br)cc21. The van der Waals surface area contributed by atoms with Gasteiger partial charge >= 0.3 is 0 Å². The molecule has 2 aromatic heterocycles. The molecule has 1 aliphatic heterocycles. The van der Waals surface area contributed by atoms with Gasteiger partial charge < -0.3 is 9.14 Å². The standard InChI is InChI=1S/C18H15BrFN3O2/c1-10-15(22-6-4-3-5-16(22)21-10)9-23-14-8-12(19)7-13(20)17(14)25-11(2)18(23)24/h3-8,11H,9H2,1-2H3/t11-/m1/s1. The number of ether oxygens (including phenoxy) is 1. The first-order chi connectivity index (χ1) is 12.0. The van der Waals surface area contributed by atoms with E-state index in [-0.39, 0.29) is 18.2 Å². The minimum Gasteiger partial charge on any atom is -0.476 e. The zero-order valence-corrected chi connectivity index (χ0v) is 15.2. The van der Waals surface area contributed by atoms with Crippen LogP contribution in [0.15, 0.2) is 41.0 Å². The molecule has 0 spiro atoms. The normalized spacial score (nSPS) is 16.9. The molecule has 0 saturated carbocycles. The first-order valence-electron chi connectivity index (χ1n) is 7.85. The molecule has 0 unspecified atom stereocenters. The average Bonchev–Trinajstić information content (AvgIpc) is 2.88. The number of aryl methyl sites for hydroxylation is 1. The van der Waals surface area contributed by atoms with Gasteiger partial charge in [-0.2, -0.15) is 0 Å². The molecule has 1 amide bonds. The third-order valence-electron chi connectivity index (χ3n) is 4.32. The smallest absolute Gasteiger partial charge is 0.268 e. The van der Waals surface area contributed by atoms with Crippen LogP contribution in [0, 0.1) is 12.7 Å². The summed E-state index contributed by atoms with van der Waals surface area (Å²) in [6, 6.07) is 8.76. The molecule has 3 aromatic rings. The van der Waals surface area contributed by atoms with Crippen molar-refractivity contribution in [3.05, 3.63) is 58.2 Å². The highest BCUT2D eigenvalue weighted by Gasteiger charge is 2.34. The molecule has 0 saturated heterocycles. The van der Waals surface area contributed by atoms with Crippen molar-refractivity contribution in [3.8, 4) is 5.75 Å². The number of hydrogen-bond donors (Lipinski definition) is 0. The summed E-state index contributed by atoms with van der Waals surface area (Å²) in [4.78, 5) is 18.8. The van der Waals surface area contributed by atoms with Gasteiger partial charge in [-0.3, -0.25) is 9.69 Å². The second-order valence-corrected chi connectivity index (χ2v) is 6.91. The monoisotopic (exact) mass is 403 g/mol. The fourth-order valence-corrected chi connectivity index (χ4v) is 3.51. The van der Waals surface area contributed by atoms with Gasteiger partial charge in [0.1, 0.15) is 5.65 Å². The van der Waals surface area contributed by atoms with E-state index in [9.17, 15) is 9.18 Å². The lowest BCUT2D eigenvalue weighted by atomic mass is 10.1. The van der Waals surface area contributed by atoms with Gasteiger partial charge in [0.05, 0.1) is 23.6 Å². The molecule has 128 valence electrons. The number of amides is 1. The summed E-state index contributed by atoms with van der Waals surface area (Å²) in [5.74, 6) is -0.611. The number of benzene rings is 1. The molecule has 1 aromatic carbocycles. The maximum absolute atomic E-state index is 14.3. The van der Waals surface area contributed by atoms with E-state index < -0.39 is 11.9 Å². The quantitative estimate of drug-likeness (QED) is 0.652. The summed E-state index contributed by atoms with van der Waals surface area (Å²) in [7, 11) is 0. The number of carbonyl (C=O) groups excluding carboxylic acids is 1. The minimum atomic E-state index is -0.748. The Morgan fingerprint density at radius 3 is 2.96 bits per heavy atom. The van der Waals surface area contributed by atoms with E-state index in [0.29, 0.717) is 10.2 Å². The molecule has 0 radical (unpaired) electrons. The predicted octanol–water partition coefficient (Wildman–Crippen LogP) is 3.86. The number of carbonyl (C=O) groups is 1. The Morgan fingerprint density at radius 1 is 1.36 bits per heavy atom. The molecule has 5 nitrogen and oxygen atoms in total. The molecule has 3 heterocycles. The Labute approximate surface area is 152 Å². The lowest BCUT2D eigenvalue weighted by Gasteiger charge is -2.33. The highest BCUT2D eigenvalue weighted by atomic mass is 79.9. The largest absolute Gasteiger partial charge is 0.476 e. The number of aromatic nitrogens is 2. The zero-order valence-electron chi connectivity index (χ0n) is 13.7. The number of pyridine rings is 1. The van der Waals surface area contributed by atoms with Crippen LogP contribution in [0.3, 0.4) is 0 Å². The van der Waals surface area contributed by atoms with E-state index in [4.69, 9.17) is 4.74 Å². The molecule has 1 atom stereocenters. The lowest BCUT2D eigenvalue weighted by molar-refractivity contribution is -0.125. The molecule has 1 aliphatic rings. The summed E-state index contributed by atoms with van der Waals surface area (Å²) in [5.41, 5.74) is 2.93. The van der Waals surface area contributed by atoms with E-state index in [1.165, 1.54) is 6.07 Å². The van der Waals surface area contributed by atoms with Crippen LogP contribution in [0.5, 0.6) is 5.75 Å². The number of halogens is 2. The van der Waals surface area contributed by atoms with Gasteiger partial charge in [0.25, 0.3) is 5.91 Å². The number of anilines is 1. The number of nitrogens with zero attached hydrogens (tertiary/aromatic N) is 3. The van der Waals surface area contributed by atoms with Gasteiger partial charge in [-0.15, -0.1) is 0 Å². The summed E-state index contributed by atoms with van der Waals surface area (Å²) in [6.45, 7) is 3.81. The minimum absolute atomic E-state index is 0.0989. The van der Waals surface area contributed by atoms with Crippen LogP contribution in [0.4, 0.5) is 10.1 Å². The van der Waals surface area contributed by atoms with Gasteiger partial charge in [-0.25, -0.2) is 9.37 Å². The summed E-state index contributed by atoms with van der Waals surface area (Å²) < 4.78 is 22.3. The highest BCUT2D eigenvalue weighted by Crippen LogP contribution is 2.39. The van der Waals surface area contributed by atoms with Gasteiger partial charge in [-0.1, -0.05) is 22.0 Å². The molecule has 0 fully saturated rings. The zero-order chi connectivity index (χ0) is 17.7. The summed E-state index contributed by atoms with van der Waals surface area (Å²) in [5, 5.41) is 0. The molecule has 0 bridgehead atoms. The van der Waals surface area contributed by atoms with Crippen LogP contribution >= 0.6 is 15.9 Å². The van der Waals surface area contributed by atoms with Crippen LogP contribution in [-0.2, 0) is 11.3 Å². The molecule has 0 aliphatic carbocycles. The van der Waals surface area contributed by atoms with Crippen LogP contribution < -0.4 is 9.64 Å². The summed E-state index contributed by atoms with van der Waals surface area (Å²) in [6.07, 6.45) is 1.16. The molecule has 7 heteroatoms. The van der Waals surface area contributed by atoms with Crippen LogP contribution in [-0.4, -0.2) is 21.4 Å². The molecular formula is C18H15BrFN3O2. The van der Waals surface area contributed by atoms with Crippen LogP contribution in [0.2, 0.25) is 0 Å². The third-order valence-corrected chi connectivity index (χ3v) is 4.78. The van der Waals surface area contributed by atoms with Crippen molar-refractivity contribution in [1.82, 2.24) is 9.38 Å². The van der Waals surface area contributed by atoms with Crippen LogP contribution in [0.1, 0.15) is 18.3 Å². The van der Waals surface area contributed by atoms with Gasteiger partial charge in [-0.05, 0) is 38.1 Å². The average molecular weight is 404 g/mol. The first kappa shape index (κ1) is 16.1. The Morgan fingerprint density at radius 2 is 2.16 bits per heavy atom. The van der Waals surface area contributed by atoms with Gasteiger partial charge in [0, 0.05) is 10.7 Å². The third kappa shape index (κ3) is 2.59. The maximum Gasteiger partial charge on any atom is 0.268 e. The van der Waals surface area contributed by atoms with Crippen LogP contribution in [0.25, 0.3) is 5.65 Å². The predicted molar refractivity (Wildman–Crippen MR) is 95.3 cm³/mol. The van der Waals surface area contributed by atoms with E-state index in [1.807, 2.05) is 35.7 Å². The number of rotatable bonds is 2. The lowest BCUT2D eigenvalue weighted by Crippen LogP contribution is -2.44. The highest BCUT2D eigenvalue weighted by molar-refractivity contribution is 9.10. The van der Waals surface area contributed by atoms with E-state index in [0.717, 1.165) is 17.0 Å². The van der Waals surface area contributed by atoms with Gasteiger partial charge in [0.15, 0.2) is 17.7 Å². The molecule has 25 heavy (non-hydrogen) atoms. The van der Waals surface area contributed by atoms with Crippen molar-refractivity contribution in [2.24, 2.45) is 0 Å². The van der Waals surface area contributed by atoms with Crippen molar-refractivity contribution in [3.63, 3.8) is 0 Å². The van der Waals surface area contributed by atoms with E-state index >= 15 is 0 Å². The fraction of sp³-hybridized carbons (Fsp3) is 0.222. The topological polar surface area (TPSA) is 46.8 Å². The molecular weight excluding hydrogens is 389 g/mol. The Bertz CT molecular complexity index is 1000. The van der Waals surface area contributed by atoms with Crippen molar-refractivity contribution in [1.29, 1.82) is 0 Å². The summed E-state index contributed by atoms with van der Waals surface area (Å²) >= 11 is 3.28. The van der Waals surface area contributed by atoms with Crippen molar-refractivity contribution < 1.29 is 13.9 Å². The van der Waals surface area contributed by atoms with E-state index in [2.05, 4.69) is 20.9 Å². The maximum atomic E-state index is 14.3. The second kappa shape index (κ2) is 5.84. The molecule has 0 N–H and O–H groups in total. The number of fused-ring (bicyclic) bond motifs is 2. The first-order valence-corrected chi connectivity index (χ1v) is 8.64. The van der Waals surface area contributed by atoms with Crippen molar-refractivity contribution >= 4 is 33.2 Å². The van der Waals surface area contributed by atoms with Crippen molar-refractivity contribution in [2.75, 3.05) is 4.90 Å². The Kier molecular flexibility index (Phi) is 3.76. The second-order valence-electron chi connectivity index (χ2n) is 5.99. The van der Waals surface area contributed by atoms with E-state index in [1.54, 1.807) is 17.9 Å². The Balaban J connectivity index is 1.85. The van der Waals surface area contributed by atoms with Crippen molar-refractivity contribution in [2.45, 2.75) is 26.5 Å². The van der Waals surface area contributed by atoms with Gasteiger partial charge in [0.2, 0.25) is 0 Å². The number of imidazole rings is 1. The number of hydrogen-bond acceptors (Lipinski definition) is 3. The molecule has 4 rings (SSSR count).